The van der Waals surface area contributed by atoms with Gasteiger partial charge in [-0.15, -0.1) is 15.3 Å². The molecule has 0 bridgehead atoms. The Balaban J connectivity index is 1.69. The average Bonchev–Trinajstić information content (AvgIpc) is 3.15. The fraction of sp³-hybridized carbons (Fsp3) is 0.417. The first-order valence-corrected chi connectivity index (χ1v) is 6.70. The molecule has 110 valence electrons. The number of benzene rings is 1. The van der Waals surface area contributed by atoms with E-state index in [4.69, 9.17) is 9.57 Å². The minimum atomic E-state index is 0.239. The maximum Gasteiger partial charge on any atom is 0.211 e. The summed E-state index contributed by atoms with van der Waals surface area (Å²) in [6.45, 7) is 2.96. The molecule has 0 radical (unpaired) electrons. The number of hydrogen-bond donors (Lipinski definition) is 1. The average molecular weight is 289 g/mol. The van der Waals surface area contributed by atoms with Crippen molar-refractivity contribution in [3.05, 3.63) is 24.0 Å². The Morgan fingerprint density at radius 2 is 2.24 bits per heavy atom. The van der Waals surface area contributed by atoms with Crippen molar-refractivity contribution in [2.24, 2.45) is 0 Å². The minimum absolute atomic E-state index is 0.239. The van der Waals surface area contributed by atoms with Crippen molar-refractivity contribution >= 4 is 11.0 Å². The lowest BCUT2D eigenvalue weighted by Crippen LogP contribution is -2.14. The largest absolute Gasteiger partial charge is 0.485 e. The van der Waals surface area contributed by atoms with E-state index >= 15 is 0 Å². The van der Waals surface area contributed by atoms with E-state index in [-0.39, 0.29) is 6.61 Å². The van der Waals surface area contributed by atoms with Gasteiger partial charge in [-0.05, 0) is 23.8 Å². The number of hydrogen-bond acceptors (Lipinski definition) is 7. The van der Waals surface area contributed by atoms with Gasteiger partial charge < -0.3 is 9.57 Å². The predicted octanol–water partition coefficient (Wildman–Crippen LogP) is 0.752. The van der Waals surface area contributed by atoms with E-state index in [1.165, 1.54) is 4.85 Å². The van der Waals surface area contributed by atoms with Crippen LogP contribution < -0.4 is 9.57 Å². The van der Waals surface area contributed by atoms with Crippen molar-refractivity contribution in [3.8, 4) is 5.75 Å². The van der Waals surface area contributed by atoms with Crippen LogP contribution >= 0.6 is 0 Å². The molecule has 0 aliphatic rings. The number of ether oxygens (including phenoxy) is 1. The molecular weight excluding hydrogens is 274 g/mol. The fourth-order valence-corrected chi connectivity index (χ4v) is 1.75. The number of tetrazole rings is 1. The molecule has 3 aromatic rings. The van der Waals surface area contributed by atoms with Crippen molar-refractivity contribution in [1.29, 1.82) is 0 Å². The number of aromatic nitrogens is 7. The monoisotopic (exact) mass is 289 g/mol. The number of nitrogens with one attached hydrogen (secondary N) is 1. The Morgan fingerprint density at radius 3 is 3.05 bits per heavy atom. The van der Waals surface area contributed by atoms with E-state index in [2.05, 4.69) is 37.9 Å². The second kappa shape index (κ2) is 6.16. The highest BCUT2D eigenvalue weighted by Gasteiger charge is 2.07. The standard InChI is InChI=1S/C12H15N7O2/c1-2-3-6-21-19-11-5-4-9(7-10(11)13-18-19)20-8-12-14-16-17-15-12/h4-5,7H,2-3,6,8H2,1H3,(H,14,15,16,17). The van der Waals surface area contributed by atoms with Gasteiger partial charge in [-0.2, -0.15) is 5.21 Å². The number of unbranched alkanes of at least 4 members (excludes halogenated alkanes) is 1. The molecule has 0 amide bonds. The number of nitrogens with zero attached hydrogens (tertiary/aromatic N) is 6. The summed E-state index contributed by atoms with van der Waals surface area (Å²) in [5, 5.41) is 21.5. The van der Waals surface area contributed by atoms with Gasteiger partial charge in [0.25, 0.3) is 0 Å². The van der Waals surface area contributed by atoms with Crippen LogP contribution in [0.3, 0.4) is 0 Å². The topological polar surface area (TPSA) is 104 Å². The van der Waals surface area contributed by atoms with Crippen LogP contribution in [0.25, 0.3) is 11.0 Å². The molecule has 3 rings (SSSR count). The first-order valence-electron chi connectivity index (χ1n) is 6.70. The normalized spacial score (nSPS) is 10.9. The summed E-state index contributed by atoms with van der Waals surface area (Å²) in [6.07, 6.45) is 2.05. The van der Waals surface area contributed by atoms with E-state index in [0.29, 0.717) is 23.7 Å². The fourth-order valence-electron chi connectivity index (χ4n) is 1.75. The van der Waals surface area contributed by atoms with Crippen molar-refractivity contribution in [1.82, 2.24) is 35.8 Å². The van der Waals surface area contributed by atoms with Gasteiger partial charge in [0.15, 0.2) is 6.61 Å². The minimum Gasteiger partial charge on any atom is -0.485 e. The van der Waals surface area contributed by atoms with E-state index in [9.17, 15) is 0 Å². The summed E-state index contributed by atoms with van der Waals surface area (Å²) < 4.78 is 5.56. The van der Waals surface area contributed by atoms with Crippen LogP contribution in [0.15, 0.2) is 18.2 Å². The molecule has 0 atom stereocenters. The lowest BCUT2D eigenvalue weighted by molar-refractivity contribution is 0.0853. The number of fused-ring (bicyclic) bond motifs is 1. The maximum atomic E-state index is 5.56. The Hall–Kier alpha value is -2.71. The second-order valence-corrected chi connectivity index (χ2v) is 4.42. The molecule has 0 unspecified atom stereocenters. The van der Waals surface area contributed by atoms with Crippen LogP contribution in [0.5, 0.6) is 5.75 Å². The molecule has 2 heterocycles. The summed E-state index contributed by atoms with van der Waals surface area (Å²) in [7, 11) is 0. The Morgan fingerprint density at radius 1 is 1.29 bits per heavy atom. The lowest BCUT2D eigenvalue weighted by atomic mass is 10.3. The first-order chi connectivity index (χ1) is 10.4. The van der Waals surface area contributed by atoms with Gasteiger partial charge >= 0.3 is 0 Å². The predicted molar refractivity (Wildman–Crippen MR) is 72.4 cm³/mol. The number of H-pyrrole nitrogens is 1. The van der Waals surface area contributed by atoms with Gasteiger partial charge in [-0.25, -0.2) is 0 Å². The molecule has 21 heavy (non-hydrogen) atoms. The molecule has 1 N–H and O–H groups in total. The van der Waals surface area contributed by atoms with Gasteiger partial charge in [0.05, 0.1) is 0 Å². The molecule has 0 saturated heterocycles. The summed E-state index contributed by atoms with van der Waals surface area (Å²) in [4.78, 5) is 6.97. The van der Waals surface area contributed by atoms with E-state index < -0.39 is 0 Å². The molecular formula is C12H15N7O2. The molecule has 0 aliphatic carbocycles. The highest BCUT2D eigenvalue weighted by molar-refractivity contribution is 5.75. The van der Waals surface area contributed by atoms with Crippen molar-refractivity contribution < 1.29 is 9.57 Å². The van der Waals surface area contributed by atoms with Crippen LogP contribution in [-0.2, 0) is 6.61 Å². The van der Waals surface area contributed by atoms with Gasteiger partial charge in [-0.3, -0.25) is 0 Å². The summed E-state index contributed by atoms with van der Waals surface area (Å²) in [5.74, 6) is 1.15. The van der Waals surface area contributed by atoms with Crippen molar-refractivity contribution in [3.63, 3.8) is 0 Å². The first kappa shape index (κ1) is 13.3. The van der Waals surface area contributed by atoms with Gasteiger partial charge in [-0.1, -0.05) is 23.4 Å². The van der Waals surface area contributed by atoms with Crippen LogP contribution in [0.2, 0.25) is 0 Å². The van der Waals surface area contributed by atoms with Crippen LogP contribution in [0, 0.1) is 0 Å². The van der Waals surface area contributed by atoms with Crippen LogP contribution in [-0.4, -0.2) is 42.4 Å². The number of rotatable bonds is 7. The molecule has 1 aromatic carbocycles. The quantitative estimate of drug-likeness (QED) is 0.640. The summed E-state index contributed by atoms with van der Waals surface area (Å²) >= 11 is 0. The van der Waals surface area contributed by atoms with Crippen molar-refractivity contribution in [2.75, 3.05) is 6.61 Å². The summed E-state index contributed by atoms with van der Waals surface area (Å²) in [5.41, 5.74) is 1.51. The molecule has 0 fully saturated rings. The van der Waals surface area contributed by atoms with Gasteiger partial charge in [0, 0.05) is 6.07 Å². The molecule has 9 nitrogen and oxygen atoms in total. The third-order valence-electron chi connectivity index (χ3n) is 2.86. The zero-order valence-corrected chi connectivity index (χ0v) is 11.6. The zero-order chi connectivity index (χ0) is 14.5. The third kappa shape index (κ3) is 3.07. The molecule has 9 heteroatoms. The van der Waals surface area contributed by atoms with Gasteiger partial charge in [0.2, 0.25) is 5.82 Å². The highest BCUT2D eigenvalue weighted by Crippen LogP contribution is 2.19. The molecule has 0 spiro atoms. The zero-order valence-electron chi connectivity index (χ0n) is 11.6. The second-order valence-electron chi connectivity index (χ2n) is 4.42. The van der Waals surface area contributed by atoms with Crippen molar-refractivity contribution in [2.45, 2.75) is 26.4 Å². The third-order valence-corrected chi connectivity index (χ3v) is 2.86. The Kier molecular flexibility index (Phi) is 3.90. The Labute approximate surface area is 120 Å². The molecule has 2 aromatic heterocycles. The summed E-state index contributed by atoms with van der Waals surface area (Å²) in [6, 6.07) is 5.47. The van der Waals surface area contributed by atoms with E-state index in [0.717, 1.165) is 18.4 Å². The molecule has 0 aliphatic heterocycles. The number of aromatic amines is 1. The van der Waals surface area contributed by atoms with Gasteiger partial charge in [0.1, 0.15) is 23.4 Å². The SMILES string of the molecule is CCCCOn1nnc2cc(OCc3nn[nH]n3)ccc21. The Bertz CT molecular complexity index is 695. The lowest BCUT2D eigenvalue weighted by Gasteiger charge is -2.05. The highest BCUT2D eigenvalue weighted by atomic mass is 16.7. The molecule has 0 saturated carbocycles. The smallest absolute Gasteiger partial charge is 0.211 e. The van der Waals surface area contributed by atoms with E-state index in [1.54, 1.807) is 6.07 Å². The maximum absolute atomic E-state index is 5.56. The van der Waals surface area contributed by atoms with Crippen LogP contribution in [0.1, 0.15) is 25.6 Å². The van der Waals surface area contributed by atoms with E-state index in [1.807, 2.05) is 12.1 Å². The van der Waals surface area contributed by atoms with Crippen LogP contribution in [0.4, 0.5) is 0 Å².